The largest absolute Gasteiger partial charge is 0.324 e. The summed E-state index contributed by atoms with van der Waals surface area (Å²) in [5, 5.41) is 12.6. The quantitative estimate of drug-likeness (QED) is 0.657. The van der Waals surface area contributed by atoms with Gasteiger partial charge >= 0.3 is 0 Å². The number of hydrogen-bond acceptors (Lipinski definition) is 5. The van der Waals surface area contributed by atoms with Crippen molar-refractivity contribution in [1.29, 1.82) is 0 Å². The molecule has 0 fully saturated rings. The lowest BCUT2D eigenvalue weighted by molar-refractivity contribution is -0.117. The van der Waals surface area contributed by atoms with Crippen LogP contribution in [-0.2, 0) is 16.1 Å². The van der Waals surface area contributed by atoms with Crippen LogP contribution < -0.4 is 10.6 Å². The maximum Gasteiger partial charge on any atom is 0.248 e. The van der Waals surface area contributed by atoms with Gasteiger partial charge in [-0.1, -0.05) is 17.3 Å². The molecule has 0 saturated carbocycles. The molecule has 0 spiro atoms. The number of fused-ring (bicyclic) bond motifs is 1. The Balaban J connectivity index is 1.64. The van der Waals surface area contributed by atoms with Gasteiger partial charge in [-0.05, 0) is 12.1 Å². The van der Waals surface area contributed by atoms with Crippen LogP contribution in [0.25, 0.3) is 11.0 Å². The highest BCUT2D eigenvalue weighted by Crippen LogP contribution is 2.13. The molecule has 1 aromatic carbocycles. The molecule has 0 aliphatic heterocycles. The van der Waals surface area contributed by atoms with E-state index in [0.29, 0.717) is 11.8 Å². The lowest BCUT2D eigenvalue weighted by Gasteiger charge is -2.00. The summed E-state index contributed by atoms with van der Waals surface area (Å²) in [6.45, 7) is 1.33. The fourth-order valence-corrected chi connectivity index (χ4v) is 1.94. The van der Waals surface area contributed by atoms with Crippen molar-refractivity contribution in [1.82, 2.24) is 25.0 Å². The summed E-state index contributed by atoms with van der Waals surface area (Å²) in [6, 6.07) is 7.46. The molecule has 0 unspecified atom stereocenters. The van der Waals surface area contributed by atoms with E-state index < -0.39 is 0 Å². The molecule has 0 aliphatic rings. The van der Waals surface area contributed by atoms with E-state index in [0.717, 1.165) is 11.0 Å². The minimum absolute atomic E-state index is 0.0381. The normalized spacial score (nSPS) is 10.6. The smallest absolute Gasteiger partial charge is 0.248 e. The molecule has 0 bridgehead atoms. The predicted molar refractivity (Wildman–Crippen MR) is 79.0 cm³/mol. The standard InChI is InChI=1S/C13H13N7O2/c1-8(21)14-11-6-20(19-18-11)7-12(22)17-13-15-9-4-2-3-5-10(9)16-13/h2-6H,7H2,1H3,(H,14,21)(H2,15,16,17,22). The van der Waals surface area contributed by atoms with E-state index >= 15 is 0 Å². The lowest BCUT2D eigenvalue weighted by Crippen LogP contribution is -2.19. The van der Waals surface area contributed by atoms with E-state index in [9.17, 15) is 9.59 Å². The summed E-state index contributed by atoms with van der Waals surface area (Å²) >= 11 is 0. The highest BCUT2D eigenvalue weighted by Gasteiger charge is 2.09. The summed E-state index contributed by atoms with van der Waals surface area (Å²) < 4.78 is 1.32. The molecule has 112 valence electrons. The van der Waals surface area contributed by atoms with Crippen molar-refractivity contribution >= 4 is 34.6 Å². The molecule has 2 heterocycles. The topological polar surface area (TPSA) is 118 Å². The number of carbonyl (C=O) groups is 2. The van der Waals surface area contributed by atoms with Gasteiger partial charge in [0.15, 0.2) is 5.82 Å². The molecule has 3 aromatic rings. The van der Waals surface area contributed by atoms with E-state index in [4.69, 9.17) is 0 Å². The van der Waals surface area contributed by atoms with Crippen LogP contribution >= 0.6 is 0 Å². The Morgan fingerprint density at radius 2 is 2.09 bits per heavy atom. The van der Waals surface area contributed by atoms with Crippen LogP contribution in [0.15, 0.2) is 30.5 Å². The summed E-state index contributed by atoms with van der Waals surface area (Å²) in [4.78, 5) is 30.1. The average Bonchev–Trinajstić information content (AvgIpc) is 3.03. The van der Waals surface area contributed by atoms with E-state index in [1.807, 2.05) is 24.3 Å². The molecule has 3 N–H and O–H groups in total. The first-order chi connectivity index (χ1) is 10.6. The summed E-state index contributed by atoms with van der Waals surface area (Å²) in [7, 11) is 0. The van der Waals surface area contributed by atoms with Gasteiger partial charge < -0.3 is 10.3 Å². The van der Waals surface area contributed by atoms with Gasteiger partial charge in [0.25, 0.3) is 0 Å². The number of benzene rings is 1. The fraction of sp³-hybridized carbons (Fsp3) is 0.154. The molecule has 2 aromatic heterocycles. The van der Waals surface area contributed by atoms with E-state index in [-0.39, 0.29) is 18.4 Å². The summed E-state index contributed by atoms with van der Waals surface area (Å²) in [5.41, 5.74) is 1.61. The van der Waals surface area contributed by atoms with Crippen molar-refractivity contribution in [3.8, 4) is 0 Å². The number of H-pyrrole nitrogens is 1. The van der Waals surface area contributed by atoms with Crippen molar-refractivity contribution in [2.45, 2.75) is 13.5 Å². The van der Waals surface area contributed by atoms with Crippen LogP contribution in [0.4, 0.5) is 11.8 Å². The number of rotatable bonds is 4. The van der Waals surface area contributed by atoms with Gasteiger partial charge in [-0.2, -0.15) is 0 Å². The first-order valence-corrected chi connectivity index (χ1v) is 6.52. The van der Waals surface area contributed by atoms with Crippen LogP contribution in [0.5, 0.6) is 0 Å². The van der Waals surface area contributed by atoms with Gasteiger partial charge in [0.05, 0.1) is 17.2 Å². The van der Waals surface area contributed by atoms with Crippen molar-refractivity contribution < 1.29 is 9.59 Å². The number of anilines is 2. The number of imidazole rings is 1. The minimum Gasteiger partial charge on any atom is -0.324 e. The molecule has 0 saturated heterocycles. The number of amides is 2. The highest BCUT2D eigenvalue weighted by atomic mass is 16.2. The zero-order valence-electron chi connectivity index (χ0n) is 11.7. The minimum atomic E-state index is -0.307. The van der Waals surface area contributed by atoms with Crippen molar-refractivity contribution in [3.05, 3.63) is 30.5 Å². The first-order valence-electron chi connectivity index (χ1n) is 6.52. The van der Waals surface area contributed by atoms with E-state index in [2.05, 4.69) is 30.9 Å². The van der Waals surface area contributed by atoms with Gasteiger partial charge in [0, 0.05) is 6.92 Å². The predicted octanol–water partition coefficient (Wildman–Crippen LogP) is 0.751. The van der Waals surface area contributed by atoms with Crippen molar-refractivity contribution in [2.24, 2.45) is 0 Å². The maximum atomic E-state index is 11.9. The molecule has 9 heteroatoms. The second-order valence-corrected chi connectivity index (χ2v) is 4.63. The number of nitrogens with one attached hydrogen (secondary N) is 3. The van der Waals surface area contributed by atoms with E-state index in [1.54, 1.807) is 0 Å². The monoisotopic (exact) mass is 299 g/mol. The van der Waals surface area contributed by atoms with Crippen molar-refractivity contribution in [2.75, 3.05) is 10.6 Å². The van der Waals surface area contributed by atoms with Crippen LogP contribution in [0.1, 0.15) is 6.92 Å². The zero-order chi connectivity index (χ0) is 15.5. The van der Waals surface area contributed by atoms with Gasteiger partial charge in [-0.3, -0.25) is 14.9 Å². The molecule has 0 aliphatic carbocycles. The SMILES string of the molecule is CC(=O)Nc1cn(CC(=O)Nc2nc3ccccc3[nH]2)nn1. The second-order valence-electron chi connectivity index (χ2n) is 4.63. The third-order valence-corrected chi connectivity index (χ3v) is 2.80. The van der Waals surface area contributed by atoms with Crippen LogP contribution in [-0.4, -0.2) is 36.8 Å². The molecule has 22 heavy (non-hydrogen) atoms. The second kappa shape index (κ2) is 5.64. The van der Waals surface area contributed by atoms with Gasteiger partial charge in [-0.15, -0.1) is 5.10 Å². The number of carbonyl (C=O) groups excluding carboxylic acids is 2. The number of para-hydroxylation sites is 2. The fourth-order valence-electron chi connectivity index (χ4n) is 1.94. The molecular formula is C13H13N7O2. The Morgan fingerprint density at radius 1 is 1.27 bits per heavy atom. The Bertz CT molecular complexity index is 803. The maximum absolute atomic E-state index is 11.9. The number of nitrogens with zero attached hydrogens (tertiary/aromatic N) is 4. The van der Waals surface area contributed by atoms with Crippen LogP contribution in [0.2, 0.25) is 0 Å². The molecule has 2 amide bonds. The summed E-state index contributed by atoms with van der Waals surface area (Å²) in [6.07, 6.45) is 1.47. The Kier molecular flexibility index (Phi) is 3.52. The van der Waals surface area contributed by atoms with Gasteiger partial charge in [-0.25, -0.2) is 9.67 Å². The Hall–Kier alpha value is -3.23. The molecular weight excluding hydrogens is 286 g/mol. The molecule has 0 radical (unpaired) electrons. The van der Waals surface area contributed by atoms with E-state index in [1.165, 1.54) is 17.8 Å². The lowest BCUT2D eigenvalue weighted by atomic mass is 10.3. The van der Waals surface area contributed by atoms with Gasteiger partial charge in [0.2, 0.25) is 17.8 Å². The third-order valence-electron chi connectivity index (χ3n) is 2.80. The number of hydrogen-bond donors (Lipinski definition) is 3. The van der Waals surface area contributed by atoms with Crippen LogP contribution in [0.3, 0.4) is 0 Å². The third kappa shape index (κ3) is 3.08. The molecule has 0 atom stereocenters. The summed E-state index contributed by atoms with van der Waals surface area (Å²) in [5.74, 6) is 0.106. The van der Waals surface area contributed by atoms with Gasteiger partial charge in [0.1, 0.15) is 6.54 Å². The Morgan fingerprint density at radius 3 is 2.86 bits per heavy atom. The van der Waals surface area contributed by atoms with Crippen molar-refractivity contribution in [3.63, 3.8) is 0 Å². The highest BCUT2D eigenvalue weighted by molar-refractivity contribution is 5.91. The van der Waals surface area contributed by atoms with Crippen LogP contribution in [0, 0.1) is 0 Å². The zero-order valence-corrected chi connectivity index (χ0v) is 11.7. The first kappa shape index (κ1) is 13.7. The number of aromatic nitrogens is 5. The average molecular weight is 299 g/mol. The number of aromatic amines is 1. The molecule has 3 rings (SSSR count). The molecule has 9 nitrogen and oxygen atoms in total. The Labute approximate surface area is 124 Å².